The van der Waals surface area contributed by atoms with Crippen LogP contribution in [0.3, 0.4) is 0 Å². The number of piperidine rings is 1. The molecule has 2 heterocycles. The minimum Gasteiger partial charge on any atom is -0.463 e. The molecule has 6 nitrogen and oxygen atoms in total. The van der Waals surface area contributed by atoms with Gasteiger partial charge in [-0.25, -0.2) is 4.79 Å². The first kappa shape index (κ1) is 19.2. The van der Waals surface area contributed by atoms with Gasteiger partial charge in [-0.05, 0) is 51.9 Å². The van der Waals surface area contributed by atoms with Crippen molar-refractivity contribution in [3.8, 4) is 0 Å². The molecule has 1 saturated heterocycles. The lowest BCUT2D eigenvalue weighted by atomic mass is 10.0. The number of benzene rings is 1. The summed E-state index contributed by atoms with van der Waals surface area (Å²) in [5.74, 6) is 0.476. The van der Waals surface area contributed by atoms with Crippen LogP contribution >= 0.6 is 0 Å². The van der Waals surface area contributed by atoms with Gasteiger partial charge in [-0.3, -0.25) is 9.69 Å². The first-order valence-corrected chi connectivity index (χ1v) is 9.21. The van der Waals surface area contributed by atoms with Gasteiger partial charge in [0.05, 0.1) is 19.2 Å². The molecular formula is C21H26N2O4. The predicted molar refractivity (Wildman–Crippen MR) is 103 cm³/mol. The lowest BCUT2D eigenvalue weighted by molar-refractivity contribution is -0.125. The van der Waals surface area contributed by atoms with Crippen LogP contribution in [0, 0.1) is 6.92 Å². The Morgan fingerprint density at radius 2 is 2.04 bits per heavy atom. The van der Waals surface area contributed by atoms with E-state index in [2.05, 4.69) is 0 Å². The number of ether oxygens (including phenoxy) is 1. The Hall–Kier alpha value is -2.60. The van der Waals surface area contributed by atoms with E-state index < -0.39 is 5.97 Å². The van der Waals surface area contributed by atoms with Gasteiger partial charge < -0.3 is 14.1 Å². The molecule has 1 amide bonds. The Balaban J connectivity index is 1.79. The van der Waals surface area contributed by atoms with E-state index >= 15 is 0 Å². The Kier molecular flexibility index (Phi) is 5.65. The number of methoxy groups -OCH3 is 1. The van der Waals surface area contributed by atoms with Crippen molar-refractivity contribution in [1.29, 1.82) is 0 Å². The number of hydrogen-bond donors (Lipinski definition) is 0. The Morgan fingerprint density at radius 1 is 1.33 bits per heavy atom. The molecule has 1 aromatic heterocycles. The number of hydrogen-bond acceptors (Lipinski definition) is 5. The second kappa shape index (κ2) is 7.96. The van der Waals surface area contributed by atoms with Crippen molar-refractivity contribution < 1.29 is 18.7 Å². The van der Waals surface area contributed by atoms with Crippen LogP contribution in [0.4, 0.5) is 5.69 Å². The van der Waals surface area contributed by atoms with E-state index in [-0.39, 0.29) is 23.8 Å². The largest absolute Gasteiger partial charge is 0.463 e. The minimum absolute atomic E-state index is 0.0956. The molecule has 3 rings (SSSR count). The highest BCUT2D eigenvalue weighted by atomic mass is 16.5. The molecule has 144 valence electrons. The van der Waals surface area contributed by atoms with E-state index in [9.17, 15) is 9.59 Å². The lowest BCUT2D eigenvalue weighted by Crippen LogP contribution is -2.52. The standard InChI is InChI=1S/C21H26N2O4/c1-14-13-18(27-19(14)21(25)26-4)15(2)22(3)17-11-8-12-23(20(17)24)16-9-6-5-7-10-16/h5-7,9-10,13,15,17H,8,11-12H2,1-4H3. The molecule has 6 heteroatoms. The van der Waals surface area contributed by atoms with Crippen molar-refractivity contribution in [1.82, 2.24) is 4.90 Å². The van der Waals surface area contributed by atoms with Crippen LogP contribution < -0.4 is 4.90 Å². The van der Waals surface area contributed by atoms with Gasteiger partial charge in [0, 0.05) is 17.8 Å². The molecule has 0 saturated carbocycles. The smallest absolute Gasteiger partial charge is 0.374 e. The normalized spacial score (nSPS) is 18.6. The average Bonchev–Trinajstić information content (AvgIpc) is 3.08. The van der Waals surface area contributed by atoms with E-state index in [1.165, 1.54) is 7.11 Å². The SMILES string of the molecule is COC(=O)c1oc(C(C)N(C)C2CCCN(c3ccccc3)C2=O)cc1C. The monoisotopic (exact) mass is 370 g/mol. The maximum atomic E-state index is 13.1. The van der Waals surface area contributed by atoms with Crippen molar-refractivity contribution >= 4 is 17.6 Å². The van der Waals surface area contributed by atoms with Gasteiger partial charge in [0.2, 0.25) is 11.7 Å². The molecule has 2 unspecified atom stereocenters. The first-order valence-electron chi connectivity index (χ1n) is 9.21. The van der Waals surface area contributed by atoms with Gasteiger partial charge in [-0.1, -0.05) is 18.2 Å². The molecule has 27 heavy (non-hydrogen) atoms. The number of nitrogens with zero attached hydrogens (tertiary/aromatic N) is 2. The minimum atomic E-state index is -0.488. The Labute approximate surface area is 159 Å². The number of carbonyl (C=O) groups is 2. The molecular weight excluding hydrogens is 344 g/mol. The van der Waals surface area contributed by atoms with Crippen LogP contribution in [0.1, 0.15) is 47.7 Å². The summed E-state index contributed by atoms with van der Waals surface area (Å²) in [7, 11) is 3.26. The fourth-order valence-corrected chi connectivity index (χ4v) is 3.58. The van der Waals surface area contributed by atoms with E-state index in [1.807, 2.05) is 67.1 Å². The Morgan fingerprint density at radius 3 is 2.70 bits per heavy atom. The third kappa shape index (κ3) is 3.76. The van der Waals surface area contributed by atoms with Crippen LogP contribution in [0.2, 0.25) is 0 Å². The van der Waals surface area contributed by atoms with E-state index in [4.69, 9.17) is 9.15 Å². The maximum absolute atomic E-state index is 13.1. The molecule has 1 aliphatic heterocycles. The van der Waals surface area contributed by atoms with Crippen molar-refractivity contribution in [3.63, 3.8) is 0 Å². The van der Waals surface area contributed by atoms with Crippen LogP contribution in [0.25, 0.3) is 0 Å². The topological polar surface area (TPSA) is 63.0 Å². The third-order valence-electron chi connectivity index (χ3n) is 5.30. The molecule has 0 N–H and O–H groups in total. The van der Waals surface area contributed by atoms with Crippen molar-refractivity contribution in [2.24, 2.45) is 0 Å². The zero-order valence-corrected chi connectivity index (χ0v) is 16.3. The number of esters is 1. The van der Waals surface area contributed by atoms with Gasteiger partial charge in [0.15, 0.2) is 0 Å². The quantitative estimate of drug-likeness (QED) is 0.753. The molecule has 1 aromatic carbocycles. The number of rotatable bonds is 5. The first-order chi connectivity index (χ1) is 12.9. The summed E-state index contributed by atoms with van der Waals surface area (Å²) in [6.07, 6.45) is 1.74. The molecule has 0 aliphatic carbocycles. The molecule has 1 aliphatic rings. The lowest BCUT2D eigenvalue weighted by Gasteiger charge is -2.38. The number of anilines is 1. The maximum Gasteiger partial charge on any atom is 0.374 e. The predicted octanol–water partition coefficient (Wildman–Crippen LogP) is 3.56. The van der Waals surface area contributed by atoms with Crippen LogP contribution in [-0.2, 0) is 9.53 Å². The molecule has 1 fully saturated rings. The van der Waals surface area contributed by atoms with Gasteiger partial charge >= 0.3 is 5.97 Å². The Bertz CT molecular complexity index is 815. The molecule has 2 aromatic rings. The summed E-state index contributed by atoms with van der Waals surface area (Å²) in [5, 5.41) is 0. The van der Waals surface area contributed by atoms with Crippen LogP contribution in [0.5, 0.6) is 0 Å². The summed E-state index contributed by atoms with van der Waals surface area (Å²) in [4.78, 5) is 28.8. The molecule has 0 spiro atoms. The van der Waals surface area contributed by atoms with E-state index in [1.54, 1.807) is 0 Å². The van der Waals surface area contributed by atoms with Crippen LogP contribution in [-0.4, -0.2) is 43.5 Å². The van der Waals surface area contributed by atoms with Crippen molar-refractivity contribution in [2.75, 3.05) is 25.6 Å². The fraction of sp³-hybridized carbons (Fsp3) is 0.429. The summed E-state index contributed by atoms with van der Waals surface area (Å²) in [6.45, 7) is 4.52. The van der Waals surface area contributed by atoms with Crippen LogP contribution in [0.15, 0.2) is 40.8 Å². The highest BCUT2D eigenvalue weighted by Gasteiger charge is 2.35. The number of para-hydroxylation sites is 1. The molecule has 2 atom stereocenters. The molecule has 0 radical (unpaired) electrons. The zero-order chi connectivity index (χ0) is 19.6. The summed E-state index contributed by atoms with van der Waals surface area (Å²) in [6, 6.07) is 11.2. The van der Waals surface area contributed by atoms with Crippen molar-refractivity contribution in [3.05, 3.63) is 53.5 Å². The number of likely N-dealkylation sites (N-methyl/N-ethyl adjacent to an activating group) is 1. The molecule has 0 bridgehead atoms. The second-order valence-corrected chi connectivity index (χ2v) is 6.98. The third-order valence-corrected chi connectivity index (χ3v) is 5.30. The van der Waals surface area contributed by atoms with Gasteiger partial charge in [-0.15, -0.1) is 0 Å². The highest BCUT2D eigenvalue weighted by molar-refractivity contribution is 5.97. The van der Waals surface area contributed by atoms with Crippen molar-refractivity contribution in [2.45, 2.75) is 38.8 Å². The summed E-state index contributed by atoms with van der Waals surface area (Å²) >= 11 is 0. The zero-order valence-electron chi connectivity index (χ0n) is 16.3. The summed E-state index contributed by atoms with van der Waals surface area (Å²) < 4.78 is 10.5. The number of aryl methyl sites for hydroxylation is 1. The number of carbonyl (C=O) groups excluding carboxylic acids is 2. The summed E-state index contributed by atoms with van der Waals surface area (Å²) in [5.41, 5.74) is 1.66. The number of furan rings is 1. The van der Waals surface area contributed by atoms with E-state index in [0.717, 1.165) is 30.6 Å². The number of amides is 1. The highest BCUT2D eigenvalue weighted by Crippen LogP contribution is 2.30. The van der Waals surface area contributed by atoms with Gasteiger partial charge in [-0.2, -0.15) is 0 Å². The van der Waals surface area contributed by atoms with E-state index in [0.29, 0.717) is 5.76 Å². The van der Waals surface area contributed by atoms with Gasteiger partial charge in [0.25, 0.3) is 0 Å². The average molecular weight is 370 g/mol. The van der Waals surface area contributed by atoms with Gasteiger partial charge in [0.1, 0.15) is 5.76 Å². The second-order valence-electron chi connectivity index (χ2n) is 6.98. The fourth-order valence-electron chi connectivity index (χ4n) is 3.58.